The van der Waals surface area contributed by atoms with Crippen molar-refractivity contribution >= 4 is 0 Å². The third-order valence-electron chi connectivity index (χ3n) is 5.98. The molecule has 2 aromatic rings. The van der Waals surface area contributed by atoms with E-state index in [0.29, 0.717) is 12.6 Å². The first-order chi connectivity index (χ1) is 13.7. The van der Waals surface area contributed by atoms with Crippen LogP contribution in [0.3, 0.4) is 0 Å². The van der Waals surface area contributed by atoms with Crippen molar-refractivity contribution in [1.29, 1.82) is 0 Å². The van der Waals surface area contributed by atoms with Gasteiger partial charge in [-0.05, 0) is 62.8 Å². The second-order valence-electron chi connectivity index (χ2n) is 7.83. The van der Waals surface area contributed by atoms with E-state index in [2.05, 4.69) is 10.00 Å². The lowest BCUT2D eigenvalue weighted by Gasteiger charge is -2.22. The standard InChI is InChI=1S/C22H29N3O3/c1-24-22(27)20-10-3-9-19(20)21(23-24)16-6-2-8-18(14-16)28-13-5-12-25-11-4-7-17(25)15-26/h2,6,8,14,17,26H,3-5,7,9-13,15H2,1H3/t17-/m0/s1. The molecule has 1 fully saturated rings. The molecule has 1 aliphatic heterocycles. The number of hydrogen-bond donors (Lipinski definition) is 1. The summed E-state index contributed by atoms with van der Waals surface area (Å²) in [7, 11) is 1.72. The second kappa shape index (κ2) is 8.45. The number of nitrogens with zero attached hydrogens (tertiary/aromatic N) is 3. The average Bonchev–Trinajstić information content (AvgIpc) is 3.37. The van der Waals surface area contributed by atoms with Gasteiger partial charge in [0, 0.05) is 30.8 Å². The summed E-state index contributed by atoms with van der Waals surface area (Å²) in [5.74, 6) is 0.833. The van der Waals surface area contributed by atoms with Crippen LogP contribution in [-0.4, -0.2) is 52.1 Å². The molecule has 0 spiro atoms. The van der Waals surface area contributed by atoms with Crippen LogP contribution in [0.2, 0.25) is 0 Å². The molecule has 1 saturated heterocycles. The molecule has 0 unspecified atom stereocenters. The highest BCUT2D eigenvalue weighted by Gasteiger charge is 2.23. The SMILES string of the molecule is Cn1nc(-c2cccc(OCCCN3CCC[C@H]3CO)c2)c2c(c1=O)CCC2. The predicted molar refractivity (Wildman–Crippen MR) is 109 cm³/mol. The molecule has 0 saturated carbocycles. The minimum absolute atomic E-state index is 0.0340. The average molecular weight is 383 g/mol. The summed E-state index contributed by atoms with van der Waals surface area (Å²) in [6, 6.07) is 8.34. The van der Waals surface area contributed by atoms with Crippen molar-refractivity contribution in [2.45, 2.75) is 44.6 Å². The van der Waals surface area contributed by atoms with E-state index in [4.69, 9.17) is 4.74 Å². The van der Waals surface area contributed by atoms with Crippen LogP contribution in [0.1, 0.15) is 36.8 Å². The van der Waals surface area contributed by atoms with Crippen LogP contribution in [0.5, 0.6) is 5.75 Å². The van der Waals surface area contributed by atoms with Gasteiger partial charge < -0.3 is 9.84 Å². The van der Waals surface area contributed by atoms with Crippen molar-refractivity contribution < 1.29 is 9.84 Å². The summed E-state index contributed by atoms with van der Waals surface area (Å²) in [6.45, 7) is 2.93. The molecule has 0 radical (unpaired) electrons. The predicted octanol–water partition coefficient (Wildman–Crippen LogP) is 2.16. The number of benzene rings is 1. The van der Waals surface area contributed by atoms with Gasteiger partial charge >= 0.3 is 0 Å². The lowest BCUT2D eigenvalue weighted by Crippen LogP contribution is -2.33. The van der Waals surface area contributed by atoms with Gasteiger partial charge in [0.25, 0.3) is 5.56 Å². The van der Waals surface area contributed by atoms with Crippen LogP contribution in [-0.2, 0) is 19.9 Å². The number of aromatic nitrogens is 2. The van der Waals surface area contributed by atoms with E-state index in [0.717, 1.165) is 73.3 Å². The summed E-state index contributed by atoms with van der Waals surface area (Å²) in [4.78, 5) is 14.7. The largest absolute Gasteiger partial charge is 0.494 e. The Morgan fingerprint density at radius 1 is 1.25 bits per heavy atom. The van der Waals surface area contributed by atoms with Crippen LogP contribution < -0.4 is 10.3 Å². The first-order valence-electron chi connectivity index (χ1n) is 10.3. The third kappa shape index (κ3) is 3.84. The summed E-state index contributed by atoms with van der Waals surface area (Å²) in [5.41, 5.74) is 3.97. The smallest absolute Gasteiger partial charge is 0.269 e. The molecule has 1 atom stereocenters. The van der Waals surface area contributed by atoms with Gasteiger partial charge in [-0.1, -0.05) is 12.1 Å². The summed E-state index contributed by atoms with van der Waals surface area (Å²) in [5, 5.41) is 14.0. The topological polar surface area (TPSA) is 67.6 Å². The summed E-state index contributed by atoms with van der Waals surface area (Å²) in [6.07, 6.45) is 5.99. The van der Waals surface area contributed by atoms with Gasteiger partial charge in [0.1, 0.15) is 5.75 Å². The van der Waals surface area contributed by atoms with Crippen LogP contribution >= 0.6 is 0 Å². The van der Waals surface area contributed by atoms with Crippen molar-refractivity contribution in [2.24, 2.45) is 7.05 Å². The Kier molecular flexibility index (Phi) is 5.78. The molecular weight excluding hydrogens is 354 g/mol. The van der Waals surface area contributed by atoms with Crippen LogP contribution in [0.25, 0.3) is 11.3 Å². The maximum Gasteiger partial charge on any atom is 0.269 e. The Balaban J connectivity index is 1.42. The van der Waals surface area contributed by atoms with E-state index in [1.807, 2.05) is 24.3 Å². The second-order valence-corrected chi connectivity index (χ2v) is 7.83. The fourth-order valence-corrected chi connectivity index (χ4v) is 4.51. The Bertz CT molecular complexity index is 893. The quantitative estimate of drug-likeness (QED) is 0.742. The molecule has 6 heteroatoms. The zero-order chi connectivity index (χ0) is 19.5. The Morgan fingerprint density at radius 2 is 2.11 bits per heavy atom. The highest BCUT2D eigenvalue weighted by Crippen LogP contribution is 2.30. The lowest BCUT2D eigenvalue weighted by molar-refractivity contribution is 0.150. The number of fused-ring (bicyclic) bond motifs is 1. The highest BCUT2D eigenvalue weighted by molar-refractivity contribution is 5.66. The number of ether oxygens (including phenoxy) is 1. The molecule has 28 heavy (non-hydrogen) atoms. The van der Waals surface area contributed by atoms with Crippen molar-refractivity contribution in [3.8, 4) is 17.0 Å². The first-order valence-corrected chi connectivity index (χ1v) is 10.3. The molecule has 2 aliphatic rings. The molecule has 2 heterocycles. The van der Waals surface area contributed by atoms with Gasteiger partial charge in [-0.3, -0.25) is 9.69 Å². The number of likely N-dealkylation sites (tertiary alicyclic amines) is 1. The molecule has 0 amide bonds. The lowest BCUT2D eigenvalue weighted by atomic mass is 10.0. The molecular formula is C22H29N3O3. The number of aliphatic hydroxyl groups excluding tert-OH is 1. The van der Waals surface area contributed by atoms with E-state index < -0.39 is 0 Å². The van der Waals surface area contributed by atoms with Crippen LogP contribution in [0.4, 0.5) is 0 Å². The fraction of sp³-hybridized carbons (Fsp3) is 0.545. The molecule has 1 aromatic heterocycles. The maximum atomic E-state index is 12.3. The van der Waals surface area contributed by atoms with Crippen LogP contribution in [0.15, 0.2) is 29.1 Å². The van der Waals surface area contributed by atoms with Gasteiger partial charge in [-0.2, -0.15) is 5.10 Å². The third-order valence-corrected chi connectivity index (χ3v) is 5.98. The molecule has 1 aliphatic carbocycles. The number of aliphatic hydroxyl groups is 1. The van der Waals surface area contributed by atoms with Crippen molar-refractivity contribution in [1.82, 2.24) is 14.7 Å². The Labute approximate surface area is 165 Å². The molecule has 1 N–H and O–H groups in total. The number of rotatable bonds is 7. The molecule has 6 nitrogen and oxygen atoms in total. The minimum atomic E-state index is 0.0340. The van der Waals surface area contributed by atoms with Gasteiger partial charge in [0.15, 0.2) is 0 Å². The molecule has 1 aromatic carbocycles. The van der Waals surface area contributed by atoms with E-state index >= 15 is 0 Å². The van der Waals surface area contributed by atoms with Gasteiger partial charge in [-0.15, -0.1) is 0 Å². The highest BCUT2D eigenvalue weighted by atomic mass is 16.5. The summed E-state index contributed by atoms with van der Waals surface area (Å²) < 4.78 is 7.44. The van der Waals surface area contributed by atoms with E-state index in [-0.39, 0.29) is 12.2 Å². The van der Waals surface area contributed by atoms with Gasteiger partial charge in [0.2, 0.25) is 0 Å². The minimum Gasteiger partial charge on any atom is -0.494 e. The van der Waals surface area contributed by atoms with Crippen molar-refractivity contribution in [3.63, 3.8) is 0 Å². The Hall–Kier alpha value is -2.18. The molecule has 4 rings (SSSR count). The van der Waals surface area contributed by atoms with Gasteiger partial charge in [-0.25, -0.2) is 4.68 Å². The zero-order valence-electron chi connectivity index (χ0n) is 16.6. The van der Waals surface area contributed by atoms with Crippen molar-refractivity contribution in [3.05, 3.63) is 45.7 Å². The van der Waals surface area contributed by atoms with Crippen molar-refractivity contribution in [2.75, 3.05) is 26.3 Å². The number of hydrogen-bond acceptors (Lipinski definition) is 5. The normalized spacial score (nSPS) is 19.1. The maximum absolute atomic E-state index is 12.3. The molecule has 0 bridgehead atoms. The fourth-order valence-electron chi connectivity index (χ4n) is 4.51. The van der Waals surface area contributed by atoms with E-state index in [1.165, 1.54) is 11.1 Å². The van der Waals surface area contributed by atoms with E-state index in [1.54, 1.807) is 7.05 Å². The van der Waals surface area contributed by atoms with Crippen LogP contribution in [0, 0.1) is 0 Å². The van der Waals surface area contributed by atoms with E-state index in [9.17, 15) is 9.90 Å². The number of aryl methyl sites for hydroxylation is 1. The van der Waals surface area contributed by atoms with Gasteiger partial charge in [0.05, 0.1) is 18.9 Å². The zero-order valence-corrected chi connectivity index (χ0v) is 16.6. The summed E-state index contributed by atoms with van der Waals surface area (Å²) >= 11 is 0. The molecule has 150 valence electrons. The monoisotopic (exact) mass is 383 g/mol. The first kappa shape index (κ1) is 19.2. The Morgan fingerprint density at radius 3 is 2.96 bits per heavy atom.